The fourth-order valence-corrected chi connectivity index (χ4v) is 8.72. The Morgan fingerprint density at radius 3 is 1.18 bits per heavy atom. The van der Waals surface area contributed by atoms with E-state index in [1.54, 1.807) is 0 Å². The molecule has 11 rings (SSSR count). The molecular formula is C59H40N6. The molecule has 0 fully saturated rings. The van der Waals surface area contributed by atoms with Crippen molar-refractivity contribution in [3.8, 4) is 45.7 Å². The number of fused-ring (bicyclic) bond motifs is 3. The van der Waals surface area contributed by atoms with E-state index in [4.69, 9.17) is 9.97 Å². The van der Waals surface area contributed by atoms with Gasteiger partial charge in [0.25, 0.3) is 0 Å². The molecule has 0 unspecified atom stereocenters. The van der Waals surface area contributed by atoms with E-state index in [2.05, 4.69) is 196 Å². The first kappa shape index (κ1) is 38.8. The fourth-order valence-electron chi connectivity index (χ4n) is 8.72. The van der Waals surface area contributed by atoms with Crippen molar-refractivity contribution in [2.45, 2.75) is 0 Å². The minimum atomic E-state index is 0.619. The second-order valence-electron chi connectivity index (χ2n) is 15.8. The SMILES string of the molecule is N#Cc1ccc(N(c2ccccc2)c2ccc3c(c2)c2cc(N(c4ccccc4)c4ccccc4)ccc2n3-c2ccc(-c3cc(-c4ccccc4)nc(-c4ccccc4)n3)cc2)cc1. The van der Waals surface area contributed by atoms with Gasteiger partial charge in [-0.15, -0.1) is 0 Å². The second kappa shape index (κ2) is 17.0. The van der Waals surface area contributed by atoms with E-state index in [0.29, 0.717) is 11.4 Å². The van der Waals surface area contributed by atoms with Crippen LogP contribution in [0.4, 0.5) is 34.1 Å². The Hall–Kier alpha value is -9.05. The molecule has 306 valence electrons. The van der Waals surface area contributed by atoms with Crippen LogP contribution in [-0.2, 0) is 0 Å². The van der Waals surface area contributed by atoms with Crippen LogP contribution in [0.3, 0.4) is 0 Å². The molecule has 0 aliphatic rings. The summed E-state index contributed by atoms with van der Waals surface area (Å²) < 4.78 is 2.36. The maximum Gasteiger partial charge on any atom is 0.160 e. The Kier molecular flexibility index (Phi) is 10.2. The van der Waals surface area contributed by atoms with Gasteiger partial charge in [0.1, 0.15) is 0 Å². The highest BCUT2D eigenvalue weighted by Gasteiger charge is 2.20. The molecule has 0 spiro atoms. The summed E-state index contributed by atoms with van der Waals surface area (Å²) in [6.07, 6.45) is 0. The third-order valence-electron chi connectivity index (χ3n) is 11.8. The quantitative estimate of drug-likeness (QED) is 0.137. The highest BCUT2D eigenvalue weighted by molar-refractivity contribution is 6.12. The van der Waals surface area contributed by atoms with Crippen LogP contribution in [0.25, 0.3) is 61.4 Å². The molecule has 0 atom stereocenters. The molecule has 9 aromatic carbocycles. The average molecular weight is 833 g/mol. The molecular weight excluding hydrogens is 793 g/mol. The number of nitriles is 1. The number of benzene rings is 9. The Bertz CT molecular complexity index is 3360. The zero-order valence-corrected chi connectivity index (χ0v) is 35.3. The van der Waals surface area contributed by atoms with Crippen LogP contribution in [-0.4, -0.2) is 14.5 Å². The van der Waals surface area contributed by atoms with Gasteiger partial charge in [-0.3, -0.25) is 0 Å². The minimum absolute atomic E-state index is 0.619. The van der Waals surface area contributed by atoms with E-state index in [1.807, 2.05) is 66.7 Å². The zero-order valence-electron chi connectivity index (χ0n) is 35.3. The Morgan fingerprint density at radius 2 is 0.738 bits per heavy atom. The summed E-state index contributed by atoms with van der Waals surface area (Å²) in [7, 11) is 0. The van der Waals surface area contributed by atoms with E-state index < -0.39 is 0 Å². The number of para-hydroxylation sites is 3. The van der Waals surface area contributed by atoms with E-state index in [-0.39, 0.29) is 0 Å². The molecule has 0 amide bonds. The highest BCUT2D eigenvalue weighted by Crippen LogP contribution is 2.43. The van der Waals surface area contributed by atoms with Gasteiger partial charge in [-0.2, -0.15) is 5.26 Å². The molecule has 6 nitrogen and oxygen atoms in total. The molecule has 0 radical (unpaired) electrons. The number of hydrogen-bond acceptors (Lipinski definition) is 5. The van der Waals surface area contributed by atoms with Crippen molar-refractivity contribution in [3.05, 3.63) is 248 Å². The first-order chi connectivity index (χ1) is 32.2. The second-order valence-corrected chi connectivity index (χ2v) is 15.8. The molecule has 2 aromatic heterocycles. The normalized spacial score (nSPS) is 11.1. The number of nitrogens with zero attached hydrogens (tertiary/aromatic N) is 6. The standard InChI is InChI=1S/C59H40N6/c60-41-42-26-30-49(31-27-42)64(48-24-14-5-15-25-48)52-35-37-58-54(39-52)53-38-51(63(46-20-10-3-11-21-46)47-22-12-4-13-23-47)34-36-57(53)65(58)50-32-28-44(29-33-50)56-40-55(43-16-6-1-7-17-43)61-59(62-56)45-18-8-2-9-19-45/h1-40H. The van der Waals surface area contributed by atoms with Gasteiger partial charge in [-0.1, -0.05) is 127 Å². The van der Waals surface area contributed by atoms with Crippen LogP contribution in [0, 0.1) is 11.3 Å². The smallest absolute Gasteiger partial charge is 0.160 e. The van der Waals surface area contributed by atoms with Crippen LogP contribution < -0.4 is 9.80 Å². The van der Waals surface area contributed by atoms with Crippen LogP contribution in [0.2, 0.25) is 0 Å². The number of rotatable bonds is 10. The Morgan fingerprint density at radius 1 is 0.354 bits per heavy atom. The van der Waals surface area contributed by atoms with Crippen molar-refractivity contribution < 1.29 is 0 Å². The molecule has 0 aliphatic heterocycles. The maximum absolute atomic E-state index is 9.63. The lowest BCUT2D eigenvalue weighted by atomic mass is 10.1. The Balaban J connectivity index is 1.09. The van der Waals surface area contributed by atoms with Crippen molar-refractivity contribution in [3.63, 3.8) is 0 Å². The lowest BCUT2D eigenvalue weighted by molar-refractivity contribution is 1.17. The summed E-state index contributed by atoms with van der Waals surface area (Å²) in [5.41, 5.74) is 14.7. The summed E-state index contributed by atoms with van der Waals surface area (Å²) >= 11 is 0. The first-order valence-corrected chi connectivity index (χ1v) is 21.6. The van der Waals surface area contributed by atoms with Gasteiger partial charge < -0.3 is 14.4 Å². The summed E-state index contributed by atoms with van der Waals surface area (Å²) in [5, 5.41) is 11.9. The summed E-state index contributed by atoms with van der Waals surface area (Å²) in [5.74, 6) is 0.686. The predicted octanol–water partition coefficient (Wildman–Crippen LogP) is 15.4. The molecule has 6 heteroatoms. The fraction of sp³-hybridized carbons (Fsp3) is 0. The topological polar surface area (TPSA) is 61.0 Å². The molecule has 0 bridgehead atoms. The van der Waals surface area contributed by atoms with Crippen molar-refractivity contribution in [1.82, 2.24) is 14.5 Å². The van der Waals surface area contributed by atoms with Gasteiger partial charge in [-0.25, -0.2) is 9.97 Å². The summed E-state index contributed by atoms with van der Waals surface area (Å²) in [6, 6.07) is 86.2. The van der Waals surface area contributed by atoms with Gasteiger partial charge in [0.2, 0.25) is 0 Å². The molecule has 0 saturated heterocycles. The lowest BCUT2D eigenvalue weighted by Crippen LogP contribution is -2.09. The van der Waals surface area contributed by atoms with Crippen LogP contribution in [0.5, 0.6) is 0 Å². The third-order valence-corrected chi connectivity index (χ3v) is 11.8. The largest absolute Gasteiger partial charge is 0.310 e. The van der Waals surface area contributed by atoms with Gasteiger partial charge in [-0.05, 0) is 115 Å². The van der Waals surface area contributed by atoms with E-state index in [9.17, 15) is 5.26 Å². The molecule has 2 heterocycles. The summed E-state index contributed by atoms with van der Waals surface area (Å²) in [4.78, 5) is 14.7. The number of aromatic nitrogens is 3. The first-order valence-electron chi connectivity index (χ1n) is 21.6. The van der Waals surface area contributed by atoms with E-state index >= 15 is 0 Å². The van der Waals surface area contributed by atoms with Gasteiger partial charge in [0.05, 0.1) is 34.1 Å². The zero-order chi connectivity index (χ0) is 43.5. The van der Waals surface area contributed by atoms with Crippen molar-refractivity contribution >= 4 is 55.9 Å². The maximum atomic E-state index is 9.63. The molecule has 11 aromatic rings. The molecule has 65 heavy (non-hydrogen) atoms. The van der Waals surface area contributed by atoms with Crippen LogP contribution in [0.1, 0.15) is 5.56 Å². The lowest BCUT2D eigenvalue weighted by Gasteiger charge is -2.26. The molecule has 0 aliphatic carbocycles. The van der Waals surface area contributed by atoms with Crippen molar-refractivity contribution in [2.24, 2.45) is 0 Å². The van der Waals surface area contributed by atoms with Crippen molar-refractivity contribution in [2.75, 3.05) is 9.80 Å². The van der Waals surface area contributed by atoms with Gasteiger partial charge in [0.15, 0.2) is 5.82 Å². The molecule has 0 saturated carbocycles. The average Bonchev–Trinajstić information content (AvgIpc) is 3.71. The van der Waals surface area contributed by atoms with Gasteiger partial charge >= 0.3 is 0 Å². The van der Waals surface area contributed by atoms with Crippen molar-refractivity contribution in [1.29, 1.82) is 5.26 Å². The Labute approximate surface area is 377 Å². The molecule has 0 N–H and O–H groups in total. The third kappa shape index (κ3) is 7.54. The number of hydrogen-bond donors (Lipinski definition) is 0. The van der Waals surface area contributed by atoms with E-state index in [1.165, 1.54) is 0 Å². The predicted molar refractivity (Wildman–Crippen MR) is 267 cm³/mol. The highest BCUT2D eigenvalue weighted by atomic mass is 15.1. The summed E-state index contributed by atoms with van der Waals surface area (Å²) in [6.45, 7) is 0. The monoisotopic (exact) mass is 832 g/mol. The van der Waals surface area contributed by atoms with Crippen LogP contribution >= 0.6 is 0 Å². The van der Waals surface area contributed by atoms with E-state index in [0.717, 1.165) is 89.7 Å². The van der Waals surface area contributed by atoms with Crippen LogP contribution in [0.15, 0.2) is 243 Å². The van der Waals surface area contributed by atoms with Gasteiger partial charge in [0, 0.05) is 67.3 Å². The number of anilines is 6. The minimum Gasteiger partial charge on any atom is -0.310 e.